The minimum atomic E-state index is -0.807. The zero-order chi connectivity index (χ0) is 19.5. The SMILES string of the molecule is COCC(COC)(COC(=O)c1ccccc1)COC(=O)c1ccccc1. The third-order valence-corrected chi connectivity index (χ3v) is 3.94. The van der Waals surface area contributed by atoms with Crippen LogP contribution in [0.25, 0.3) is 0 Å². The Morgan fingerprint density at radius 3 is 1.37 bits per heavy atom. The summed E-state index contributed by atoms with van der Waals surface area (Å²) < 4.78 is 21.4. The van der Waals surface area contributed by atoms with E-state index in [1.165, 1.54) is 14.2 Å². The van der Waals surface area contributed by atoms with Gasteiger partial charge in [-0.3, -0.25) is 0 Å². The Kier molecular flexibility index (Phi) is 7.98. The van der Waals surface area contributed by atoms with E-state index in [-0.39, 0.29) is 26.4 Å². The van der Waals surface area contributed by atoms with Crippen molar-refractivity contribution in [2.24, 2.45) is 5.41 Å². The zero-order valence-corrected chi connectivity index (χ0v) is 15.6. The highest BCUT2D eigenvalue weighted by Gasteiger charge is 2.35. The highest BCUT2D eigenvalue weighted by Crippen LogP contribution is 2.21. The van der Waals surface area contributed by atoms with Gasteiger partial charge in [0, 0.05) is 14.2 Å². The van der Waals surface area contributed by atoms with Gasteiger partial charge in [-0.1, -0.05) is 36.4 Å². The number of benzene rings is 2. The van der Waals surface area contributed by atoms with Crippen molar-refractivity contribution < 1.29 is 28.5 Å². The van der Waals surface area contributed by atoms with Gasteiger partial charge < -0.3 is 18.9 Å². The molecule has 0 aliphatic carbocycles. The number of rotatable bonds is 10. The number of hydrogen-bond donors (Lipinski definition) is 0. The maximum atomic E-state index is 12.2. The number of hydrogen-bond acceptors (Lipinski definition) is 6. The van der Waals surface area contributed by atoms with Crippen LogP contribution in [0, 0.1) is 5.41 Å². The van der Waals surface area contributed by atoms with Crippen molar-refractivity contribution in [2.75, 3.05) is 40.6 Å². The Bertz CT molecular complexity index is 650. The lowest BCUT2D eigenvalue weighted by Gasteiger charge is -2.31. The summed E-state index contributed by atoms with van der Waals surface area (Å²) in [4.78, 5) is 24.5. The molecule has 0 atom stereocenters. The molecule has 2 rings (SSSR count). The number of carbonyl (C=O) groups is 2. The van der Waals surface area contributed by atoms with Crippen LogP contribution in [-0.4, -0.2) is 52.6 Å². The third kappa shape index (κ3) is 6.20. The molecule has 144 valence electrons. The van der Waals surface area contributed by atoms with Gasteiger partial charge in [0.25, 0.3) is 0 Å². The standard InChI is InChI=1S/C21H24O6/c1-24-13-21(14-25-2,15-26-19(22)17-9-5-3-6-10-17)16-27-20(23)18-11-7-4-8-12-18/h3-12H,13-16H2,1-2H3. The first-order valence-corrected chi connectivity index (χ1v) is 8.52. The first-order valence-electron chi connectivity index (χ1n) is 8.52. The summed E-state index contributed by atoms with van der Waals surface area (Å²) in [5.74, 6) is -0.914. The number of carbonyl (C=O) groups excluding carboxylic acids is 2. The second-order valence-electron chi connectivity index (χ2n) is 6.25. The molecular weight excluding hydrogens is 348 g/mol. The van der Waals surface area contributed by atoms with Crippen LogP contribution in [0.5, 0.6) is 0 Å². The molecule has 0 N–H and O–H groups in total. The van der Waals surface area contributed by atoms with E-state index in [0.29, 0.717) is 11.1 Å². The Morgan fingerprint density at radius 1 is 0.667 bits per heavy atom. The fourth-order valence-corrected chi connectivity index (χ4v) is 2.61. The van der Waals surface area contributed by atoms with E-state index in [9.17, 15) is 9.59 Å². The van der Waals surface area contributed by atoms with Crippen molar-refractivity contribution in [3.05, 3.63) is 71.8 Å². The van der Waals surface area contributed by atoms with Gasteiger partial charge in [0.05, 0.1) is 29.8 Å². The predicted octanol–water partition coefficient (Wildman–Crippen LogP) is 2.98. The molecule has 0 saturated heterocycles. The molecule has 0 bridgehead atoms. The fourth-order valence-electron chi connectivity index (χ4n) is 2.61. The van der Waals surface area contributed by atoms with E-state index in [1.54, 1.807) is 48.5 Å². The molecule has 27 heavy (non-hydrogen) atoms. The van der Waals surface area contributed by atoms with Crippen molar-refractivity contribution in [3.63, 3.8) is 0 Å². The van der Waals surface area contributed by atoms with Gasteiger partial charge in [0.15, 0.2) is 0 Å². The summed E-state index contributed by atoms with van der Waals surface area (Å²) in [5.41, 5.74) is 0.0864. The third-order valence-electron chi connectivity index (χ3n) is 3.94. The summed E-state index contributed by atoms with van der Waals surface area (Å²) in [5, 5.41) is 0. The van der Waals surface area contributed by atoms with E-state index in [4.69, 9.17) is 18.9 Å². The van der Waals surface area contributed by atoms with Crippen molar-refractivity contribution >= 4 is 11.9 Å². The van der Waals surface area contributed by atoms with Gasteiger partial charge in [-0.2, -0.15) is 0 Å². The van der Waals surface area contributed by atoms with Gasteiger partial charge >= 0.3 is 11.9 Å². The number of esters is 2. The minimum absolute atomic E-state index is 0.00945. The summed E-state index contributed by atoms with van der Waals surface area (Å²) in [6.07, 6.45) is 0. The molecule has 6 nitrogen and oxygen atoms in total. The summed E-state index contributed by atoms with van der Waals surface area (Å²) >= 11 is 0. The molecule has 0 unspecified atom stereocenters. The van der Waals surface area contributed by atoms with Crippen LogP contribution in [0.2, 0.25) is 0 Å². The molecule has 0 saturated carbocycles. The van der Waals surface area contributed by atoms with Gasteiger partial charge in [-0.15, -0.1) is 0 Å². The van der Waals surface area contributed by atoms with E-state index in [0.717, 1.165) is 0 Å². The topological polar surface area (TPSA) is 71.1 Å². The van der Waals surface area contributed by atoms with Crippen LogP contribution in [0.3, 0.4) is 0 Å². The Labute approximate surface area is 159 Å². The van der Waals surface area contributed by atoms with Gasteiger partial charge in [0.1, 0.15) is 13.2 Å². The number of methoxy groups -OCH3 is 2. The molecular formula is C21H24O6. The largest absolute Gasteiger partial charge is 0.461 e. The smallest absolute Gasteiger partial charge is 0.338 e. The first-order chi connectivity index (χ1) is 13.1. The molecule has 0 amide bonds. The monoisotopic (exact) mass is 372 g/mol. The molecule has 0 fully saturated rings. The second kappa shape index (κ2) is 10.4. The first kappa shape index (κ1) is 20.6. The quantitative estimate of drug-likeness (QED) is 0.597. The molecule has 0 radical (unpaired) electrons. The van der Waals surface area contributed by atoms with Crippen molar-refractivity contribution in [2.45, 2.75) is 0 Å². The summed E-state index contributed by atoms with van der Waals surface area (Å²) in [6.45, 7) is 0.380. The van der Waals surface area contributed by atoms with Crippen LogP contribution >= 0.6 is 0 Å². The molecule has 0 aliphatic heterocycles. The highest BCUT2D eigenvalue weighted by molar-refractivity contribution is 5.89. The maximum absolute atomic E-state index is 12.2. The predicted molar refractivity (Wildman–Crippen MR) is 99.6 cm³/mol. The maximum Gasteiger partial charge on any atom is 0.338 e. The fraction of sp³-hybridized carbons (Fsp3) is 0.333. The summed E-state index contributed by atoms with van der Waals surface area (Å²) in [7, 11) is 3.06. The Balaban J connectivity index is 2.04. The minimum Gasteiger partial charge on any atom is -0.461 e. The Morgan fingerprint density at radius 2 is 1.04 bits per heavy atom. The van der Waals surface area contributed by atoms with Crippen molar-refractivity contribution in [1.29, 1.82) is 0 Å². The lowest BCUT2D eigenvalue weighted by molar-refractivity contribution is -0.0698. The van der Waals surface area contributed by atoms with Gasteiger partial charge in [-0.25, -0.2) is 9.59 Å². The van der Waals surface area contributed by atoms with Gasteiger partial charge in [-0.05, 0) is 24.3 Å². The zero-order valence-electron chi connectivity index (χ0n) is 15.6. The van der Waals surface area contributed by atoms with Crippen LogP contribution < -0.4 is 0 Å². The van der Waals surface area contributed by atoms with Crippen LogP contribution in [-0.2, 0) is 18.9 Å². The lowest BCUT2D eigenvalue weighted by atomic mass is 9.92. The van der Waals surface area contributed by atoms with E-state index in [2.05, 4.69) is 0 Å². The van der Waals surface area contributed by atoms with Crippen LogP contribution in [0.15, 0.2) is 60.7 Å². The highest BCUT2D eigenvalue weighted by atomic mass is 16.6. The van der Waals surface area contributed by atoms with E-state index < -0.39 is 17.4 Å². The molecule has 0 spiro atoms. The van der Waals surface area contributed by atoms with E-state index in [1.807, 2.05) is 12.1 Å². The van der Waals surface area contributed by atoms with Crippen LogP contribution in [0.4, 0.5) is 0 Å². The number of ether oxygens (including phenoxy) is 4. The van der Waals surface area contributed by atoms with Crippen LogP contribution in [0.1, 0.15) is 20.7 Å². The lowest BCUT2D eigenvalue weighted by Crippen LogP contribution is -2.42. The molecule has 0 heterocycles. The molecule has 0 aromatic heterocycles. The molecule has 6 heteroatoms. The molecule has 2 aromatic carbocycles. The summed E-state index contributed by atoms with van der Waals surface area (Å²) in [6, 6.07) is 17.4. The normalized spacial score (nSPS) is 11.0. The molecule has 0 aliphatic rings. The average Bonchev–Trinajstić information content (AvgIpc) is 2.72. The second-order valence-corrected chi connectivity index (χ2v) is 6.25. The average molecular weight is 372 g/mol. The van der Waals surface area contributed by atoms with Crippen molar-refractivity contribution in [1.82, 2.24) is 0 Å². The van der Waals surface area contributed by atoms with E-state index >= 15 is 0 Å². The Hall–Kier alpha value is -2.70. The molecule has 2 aromatic rings. The van der Waals surface area contributed by atoms with Crippen molar-refractivity contribution in [3.8, 4) is 0 Å². The van der Waals surface area contributed by atoms with Gasteiger partial charge in [0.2, 0.25) is 0 Å².